The number of pyridine rings is 1. The minimum atomic E-state index is -0.419. The highest BCUT2D eigenvalue weighted by Crippen LogP contribution is 2.24. The smallest absolute Gasteiger partial charge is 0.191 e. The van der Waals surface area contributed by atoms with Gasteiger partial charge in [0.25, 0.3) is 0 Å². The van der Waals surface area contributed by atoms with Gasteiger partial charge in [-0.05, 0) is 58.1 Å². The van der Waals surface area contributed by atoms with Crippen LogP contribution in [-0.4, -0.2) is 24.5 Å². The highest BCUT2D eigenvalue weighted by molar-refractivity contribution is 7.07. The lowest BCUT2D eigenvalue weighted by molar-refractivity contribution is 0.440. The fourth-order valence-electron chi connectivity index (χ4n) is 2.60. The van der Waals surface area contributed by atoms with Crippen molar-refractivity contribution >= 4 is 17.3 Å². The van der Waals surface area contributed by atoms with Crippen LogP contribution in [0.4, 0.5) is 4.39 Å². The molecule has 0 aliphatic heterocycles. The molecule has 0 saturated heterocycles. The number of hydrogen-bond donors (Lipinski definition) is 2. The maximum Gasteiger partial charge on any atom is 0.191 e. The molecule has 5 nitrogen and oxygen atoms in total. The number of hydrogen-bond acceptors (Lipinski definition) is 4. The molecule has 2 heterocycles. The van der Waals surface area contributed by atoms with E-state index in [1.54, 1.807) is 49.0 Å². The SMILES string of the molecule is CN=C(NCc1ccc(Oc2cccnc2)c(F)c1)NCC(C)c1ccsc1. The summed E-state index contributed by atoms with van der Waals surface area (Å²) in [5, 5.41) is 10.7. The van der Waals surface area contributed by atoms with Crippen molar-refractivity contribution in [2.24, 2.45) is 4.99 Å². The Balaban J connectivity index is 1.52. The summed E-state index contributed by atoms with van der Waals surface area (Å²) >= 11 is 1.70. The molecule has 0 amide bonds. The minimum absolute atomic E-state index is 0.170. The van der Waals surface area contributed by atoms with Crippen molar-refractivity contribution in [2.75, 3.05) is 13.6 Å². The van der Waals surface area contributed by atoms with E-state index in [0.717, 1.165) is 12.1 Å². The molecule has 28 heavy (non-hydrogen) atoms. The molecule has 0 aliphatic carbocycles. The van der Waals surface area contributed by atoms with Crippen LogP contribution in [0.15, 0.2) is 64.5 Å². The number of aliphatic imine (C=N–C) groups is 1. The standard InChI is InChI=1S/C21H23FN4OS/c1-15(17-7-9-28-14-17)11-25-21(23-2)26-12-16-5-6-20(19(22)10-16)27-18-4-3-8-24-13-18/h3-10,13-15H,11-12H2,1-2H3,(H2,23,25,26). The Morgan fingerprint density at radius 2 is 2.18 bits per heavy atom. The zero-order chi connectivity index (χ0) is 19.8. The number of benzene rings is 1. The van der Waals surface area contributed by atoms with Crippen LogP contribution in [0.1, 0.15) is 24.0 Å². The van der Waals surface area contributed by atoms with Gasteiger partial charge in [-0.3, -0.25) is 9.98 Å². The van der Waals surface area contributed by atoms with Gasteiger partial charge in [-0.1, -0.05) is 13.0 Å². The van der Waals surface area contributed by atoms with E-state index in [1.807, 2.05) is 6.07 Å². The molecule has 3 aromatic rings. The summed E-state index contributed by atoms with van der Waals surface area (Å²) in [6.45, 7) is 3.39. The second-order valence-electron chi connectivity index (χ2n) is 6.32. The Kier molecular flexibility index (Phi) is 6.97. The average molecular weight is 399 g/mol. The van der Waals surface area contributed by atoms with Crippen LogP contribution in [0, 0.1) is 5.82 Å². The number of nitrogens with one attached hydrogen (secondary N) is 2. The zero-order valence-electron chi connectivity index (χ0n) is 15.9. The molecule has 1 unspecified atom stereocenters. The third-order valence-electron chi connectivity index (χ3n) is 4.23. The van der Waals surface area contributed by atoms with Crippen LogP contribution in [0.3, 0.4) is 0 Å². The van der Waals surface area contributed by atoms with Gasteiger partial charge in [0.2, 0.25) is 0 Å². The van der Waals surface area contributed by atoms with Crippen molar-refractivity contribution in [3.63, 3.8) is 0 Å². The topological polar surface area (TPSA) is 58.5 Å². The van der Waals surface area contributed by atoms with Crippen molar-refractivity contribution in [3.05, 3.63) is 76.5 Å². The second-order valence-corrected chi connectivity index (χ2v) is 7.10. The van der Waals surface area contributed by atoms with Crippen LogP contribution in [0.25, 0.3) is 0 Å². The molecule has 0 saturated carbocycles. The summed E-state index contributed by atoms with van der Waals surface area (Å²) in [5.41, 5.74) is 2.10. The summed E-state index contributed by atoms with van der Waals surface area (Å²) in [6.07, 6.45) is 3.18. The number of halogens is 1. The van der Waals surface area contributed by atoms with E-state index in [2.05, 4.69) is 44.4 Å². The molecule has 0 aliphatic rings. The number of guanidine groups is 1. The van der Waals surface area contributed by atoms with Crippen LogP contribution in [0.2, 0.25) is 0 Å². The maximum atomic E-state index is 14.3. The van der Waals surface area contributed by atoms with E-state index >= 15 is 0 Å². The van der Waals surface area contributed by atoms with E-state index in [4.69, 9.17) is 4.74 Å². The number of ether oxygens (including phenoxy) is 1. The lowest BCUT2D eigenvalue weighted by Gasteiger charge is -2.16. The van der Waals surface area contributed by atoms with Gasteiger partial charge in [0, 0.05) is 26.3 Å². The van der Waals surface area contributed by atoms with Gasteiger partial charge < -0.3 is 15.4 Å². The molecule has 2 aromatic heterocycles. The highest BCUT2D eigenvalue weighted by Gasteiger charge is 2.09. The fourth-order valence-corrected chi connectivity index (χ4v) is 3.38. The maximum absolute atomic E-state index is 14.3. The second kappa shape index (κ2) is 9.85. The largest absolute Gasteiger partial charge is 0.453 e. The van der Waals surface area contributed by atoms with Gasteiger partial charge in [-0.2, -0.15) is 11.3 Å². The first-order valence-electron chi connectivity index (χ1n) is 8.98. The van der Waals surface area contributed by atoms with Crippen LogP contribution >= 0.6 is 11.3 Å². The Bertz CT molecular complexity index is 900. The first-order valence-corrected chi connectivity index (χ1v) is 9.93. The average Bonchev–Trinajstić information content (AvgIpc) is 3.25. The Labute approximate surface area is 168 Å². The third-order valence-corrected chi connectivity index (χ3v) is 4.93. The lowest BCUT2D eigenvalue weighted by atomic mass is 10.1. The van der Waals surface area contributed by atoms with Gasteiger partial charge in [-0.25, -0.2) is 4.39 Å². The number of thiophene rings is 1. The normalized spacial score (nSPS) is 12.5. The van der Waals surface area contributed by atoms with Gasteiger partial charge >= 0.3 is 0 Å². The van der Waals surface area contributed by atoms with Crippen molar-refractivity contribution in [3.8, 4) is 11.5 Å². The molecule has 0 spiro atoms. The third kappa shape index (κ3) is 5.53. The van der Waals surface area contributed by atoms with E-state index in [0.29, 0.717) is 24.2 Å². The predicted molar refractivity (Wildman–Crippen MR) is 112 cm³/mol. The number of aromatic nitrogens is 1. The molecule has 7 heteroatoms. The summed E-state index contributed by atoms with van der Waals surface area (Å²) in [7, 11) is 1.72. The van der Waals surface area contributed by atoms with Crippen molar-refractivity contribution in [1.29, 1.82) is 0 Å². The van der Waals surface area contributed by atoms with Crippen molar-refractivity contribution in [1.82, 2.24) is 15.6 Å². The van der Waals surface area contributed by atoms with E-state index in [-0.39, 0.29) is 5.75 Å². The molecule has 0 fully saturated rings. The Morgan fingerprint density at radius 3 is 2.86 bits per heavy atom. The van der Waals surface area contributed by atoms with Crippen LogP contribution < -0.4 is 15.4 Å². The molecule has 0 radical (unpaired) electrons. The quantitative estimate of drug-likeness (QED) is 0.453. The first kappa shape index (κ1) is 19.8. The Morgan fingerprint density at radius 1 is 1.29 bits per heavy atom. The van der Waals surface area contributed by atoms with E-state index < -0.39 is 5.82 Å². The first-order chi connectivity index (χ1) is 13.7. The summed E-state index contributed by atoms with van der Waals surface area (Å²) in [6, 6.07) is 10.5. The highest BCUT2D eigenvalue weighted by atomic mass is 32.1. The van der Waals surface area contributed by atoms with E-state index in [9.17, 15) is 4.39 Å². The minimum Gasteiger partial charge on any atom is -0.453 e. The molecule has 3 rings (SSSR count). The Hall–Kier alpha value is -2.93. The number of rotatable bonds is 7. The molecule has 2 N–H and O–H groups in total. The number of nitrogens with zero attached hydrogens (tertiary/aromatic N) is 2. The lowest BCUT2D eigenvalue weighted by Crippen LogP contribution is -2.38. The molecular formula is C21H23FN4OS. The van der Waals surface area contributed by atoms with Crippen molar-refractivity contribution in [2.45, 2.75) is 19.4 Å². The summed E-state index contributed by atoms with van der Waals surface area (Å²) in [4.78, 5) is 8.18. The summed E-state index contributed by atoms with van der Waals surface area (Å²) < 4.78 is 19.9. The van der Waals surface area contributed by atoms with Crippen LogP contribution in [0.5, 0.6) is 11.5 Å². The van der Waals surface area contributed by atoms with Crippen LogP contribution in [-0.2, 0) is 6.54 Å². The van der Waals surface area contributed by atoms with Gasteiger partial charge in [-0.15, -0.1) is 0 Å². The van der Waals surface area contributed by atoms with Gasteiger partial charge in [0.1, 0.15) is 5.75 Å². The van der Waals surface area contributed by atoms with Crippen molar-refractivity contribution < 1.29 is 9.13 Å². The van der Waals surface area contributed by atoms with E-state index in [1.165, 1.54) is 11.6 Å². The molecule has 0 bridgehead atoms. The fraction of sp³-hybridized carbons (Fsp3) is 0.238. The monoisotopic (exact) mass is 398 g/mol. The molecular weight excluding hydrogens is 375 g/mol. The molecule has 146 valence electrons. The predicted octanol–water partition coefficient (Wildman–Crippen LogP) is 4.54. The summed E-state index contributed by atoms with van der Waals surface area (Å²) in [5.74, 6) is 1.31. The van der Waals surface area contributed by atoms with Gasteiger partial charge in [0.05, 0.1) is 6.20 Å². The van der Waals surface area contributed by atoms with Gasteiger partial charge in [0.15, 0.2) is 17.5 Å². The molecule has 1 aromatic carbocycles. The zero-order valence-corrected chi connectivity index (χ0v) is 16.7. The molecule has 1 atom stereocenters.